The Morgan fingerprint density at radius 2 is 1.78 bits per heavy atom. The number of rotatable bonds is 7. The Balaban J connectivity index is 1.43. The zero-order valence-corrected chi connectivity index (χ0v) is 18.0. The number of carbonyl (C=O) groups excluding carboxylic acids is 2. The molecule has 0 radical (unpaired) electrons. The van der Waals surface area contributed by atoms with E-state index in [4.69, 9.17) is 20.9 Å². The minimum absolute atomic E-state index is 0.0676. The summed E-state index contributed by atoms with van der Waals surface area (Å²) in [6.07, 6.45) is 2.13. The summed E-state index contributed by atoms with van der Waals surface area (Å²) < 4.78 is 11.9. The molecule has 1 saturated heterocycles. The van der Waals surface area contributed by atoms with Crippen LogP contribution in [0.4, 0.5) is 0 Å². The van der Waals surface area contributed by atoms with Gasteiger partial charge in [0.15, 0.2) is 0 Å². The van der Waals surface area contributed by atoms with E-state index in [2.05, 4.69) is 17.0 Å². The highest BCUT2D eigenvalue weighted by Crippen LogP contribution is 2.55. The van der Waals surface area contributed by atoms with E-state index in [1.807, 2.05) is 18.2 Å². The smallest absolute Gasteiger partial charge is 0.252 e. The van der Waals surface area contributed by atoms with Crippen LogP contribution in [-0.4, -0.2) is 55.7 Å². The average molecular weight is 436 g/mol. The third kappa shape index (κ3) is 3.98. The van der Waals surface area contributed by atoms with Crippen molar-refractivity contribution in [2.75, 3.05) is 32.8 Å². The number of hydrogen-bond donors (Lipinski definition) is 2. The third-order valence-electron chi connectivity index (χ3n) is 7.06. The Labute approximate surface area is 187 Å². The van der Waals surface area contributed by atoms with E-state index >= 15 is 0 Å². The lowest BCUT2D eigenvalue weighted by atomic mass is 9.84. The number of morpholine rings is 1. The lowest BCUT2D eigenvalue weighted by Crippen LogP contribution is -2.37. The molecule has 4 N–H and O–H groups in total. The van der Waals surface area contributed by atoms with Gasteiger partial charge < -0.3 is 20.9 Å². The second-order valence-corrected chi connectivity index (χ2v) is 9.04. The molecule has 2 unspecified atom stereocenters. The van der Waals surface area contributed by atoms with Gasteiger partial charge in [0.1, 0.15) is 11.9 Å². The topological polar surface area (TPSA) is 108 Å². The molecule has 3 aliphatic rings. The molecule has 7 heteroatoms. The van der Waals surface area contributed by atoms with Crippen molar-refractivity contribution in [3.63, 3.8) is 0 Å². The first-order valence-electron chi connectivity index (χ1n) is 11.3. The average Bonchev–Trinajstić information content (AvgIpc) is 3.48. The fraction of sp³-hybridized carbons (Fsp3) is 0.440. The monoisotopic (exact) mass is 435 g/mol. The zero-order valence-electron chi connectivity index (χ0n) is 18.0. The number of primary amides is 2. The first kappa shape index (κ1) is 21.0. The van der Waals surface area contributed by atoms with Gasteiger partial charge in [-0.25, -0.2) is 0 Å². The second-order valence-electron chi connectivity index (χ2n) is 9.04. The number of ether oxygens (including phenoxy) is 2. The Morgan fingerprint density at radius 3 is 2.47 bits per heavy atom. The van der Waals surface area contributed by atoms with Gasteiger partial charge in [-0.1, -0.05) is 30.3 Å². The predicted octanol–water partition coefficient (Wildman–Crippen LogP) is 2.14. The van der Waals surface area contributed by atoms with E-state index in [1.54, 1.807) is 6.07 Å². The Kier molecular flexibility index (Phi) is 5.61. The molecule has 0 aromatic heterocycles. The Hall–Kier alpha value is -2.90. The van der Waals surface area contributed by atoms with E-state index in [9.17, 15) is 9.59 Å². The molecule has 2 aromatic carbocycles. The summed E-state index contributed by atoms with van der Waals surface area (Å²) in [6.45, 7) is 4.67. The Bertz CT molecular complexity index is 1020. The van der Waals surface area contributed by atoms with Crippen LogP contribution in [0.2, 0.25) is 0 Å². The number of nitrogens with two attached hydrogens (primary N) is 2. The Morgan fingerprint density at radius 1 is 1.03 bits per heavy atom. The maximum absolute atomic E-state index is 12.2. The van der Waals surface area contributed by atoms with Gasteiger partial charge in [0, 0.05) is 30.1 Å². The summed E-state index contributed by atoms with van der Waals surface area (Å²) in [6, 6.07) is 13.3. The predicted molar refractivity (Wildman–Crippen MR) is 120 cm³/mol. The van der Waals surface area contributed by atoms with Gasteiger partial charge in [-0.15, -0.1) is 0 Å². The van der Waals surface area contributed by atoms with Gasteiger partial charge in [0.2, 0.25) is 5.91 Å². The molecule has 2 aliphatic heterocycles. The van der Waals surface area contributed by atoms with Crippen molar-refractivity contribution in [2.45, 2.75) is 24.9 Å². The summed E-state index contributed by atoms with van der Waals surface area (Å²) in [5, 5.41) is 0. The highest BCUT2D eigenvalue weighted by atomic mass is 16.5. The highest BCUT2D eigenvalue weighted by Gasteiger charge is 2.51. The van der Waals surface area contributed by atoms with Crippen LogP contribution in [0.15, 0.2) is 42.5 Å². The lowest BCUT2D eigenvalue weighted by Gasteiger charge is -2.26. The second kappa shape index (κ2) is 8.56. The van der Waals surface area contributed by atoms with Gasteiger partial charge in [-0.3, -0.25) is 14.5 Å². The fourth-order valence-corrected chi connectivity index (χ4v) is 5.26. The van der Waals surface area contributed by atoms with E-state index in [0.717, 1.165) is 56.8 Å². The number of fused-ring (bicyclic) bond motifs is 1. The van der Waals surface area contributed by atoms with Gasteiger partial charge in [0.25, 0.3) is 5.91 Å². The molecule has 0 spiro atoms. The van der Waals surface area contributed by atoms with Crippen LogP contribution < -0.4 is 16.2 Å². The normalized spacial score (nSPS) is 26.9. The number of nitrogens with zero attached hydrogens (tertiary/aromatic N) is 1. The van der Waals surface area contributed by atoms with Gasteiger partial charge in [-0.2, -0.15) is 0 Å². The van der Waals surface area contributed by atoms with Crippen LogP contribution in [0, 0.1) is 11.8 Å². The number of benzene rings is 2. The fourth-order valence-electron chi connectivity index (χ4n) is 5.26. The van der Waals surface area contributed by atoms with Gasteiger partial charge >= 0.3 is 0 Å². The number of carbonyl (C=O) groups is 2. The summed E-state index contributed by atoms with van der Waals surface area (Å²) in [4.78, 5) is 26.6. The molecule has 1 aliphatic carbocycles. The summed E-state index contributed by atoms with van der Waals surface area (Å²) in [7, 11) is 0. The molecule has 32 heavy (non-hydrogen) atoms. The molecule has 168 valence electrons. The van der Waals surface area contributed by atoms with Gasteiger partial charge in [-0.05, 0) is 48.9 Å². The highest BCUT2D eigenvalue weighted by molar-refractivity contribution is 6.01. The van der Waals surface area contributed by atoms with Crippen molar-refractivity contribution in [1.29, 1.82) is 0 Å². The maximum atomic E-state index is 12.2. The molecule has 2 heterocycles. The number of hydrogen-bond acceptors (Lipinski definition) is 5. The first-order valence-corrected chi connectivity index (χ1v) is 11.3. The van der Waals surface area contributed by atoms with Gasteiger partial charge in [0.05, 0.1) is 18.8 Å². The molecule has 2 fully saturated rings. The van der Waals surface area contributed by atoms with Crippen LogP contribution >= 0.6 is 0 Å². The molecule has 1 saturated carbocycles. The largest absolute Gasteiger partial charge is 0.488 e. The van der Waals surface area contributed by atoms with Crippen molar-refractivity contribution in [1.82, 2.24) is 4.90 Å². The SMILES string of the molecule is NC(=O)c1cc(C(N)=O)c2c(c1)C(c1ccccc1)C([C@H]1C[C@H]1CCN1CCOCC1)O2. The molecule has 2 amide bonds. The molecular weight excluding hydrogens is 406 g/mol. The zero-order chi connectivity index (χ0) is 22.2. The van der Waals surface area contributed by atoms with Crippen LogP contribution in [0.5, 0.6) is 5.75 Å². The van der Waals surface area contributed by atoms with Crippen molar-refractivity contribution >= 4 is 11.8 Å². The van der Waals surface area contributed by atoms with Crippen LogP contribution in [0.25, 0.3) is 0 Å². The molecule has 2 aromatic rings. The van der Waals surface area contributed by atoms with E-state index in [0.29, 0.717) is 17.6 Å². The van der Waals surface area contributed by atoms with E-state index < -0.39 is 11.8 Å². The molecule has 5 rings (SSSR count). The molecular formula is C25H29N3O4. The molecule has 0 bridgehead atoms. The summed E-state index contributed by atoms with van der Waals surface area (Å²) >= 11 is 0. The lowest BCUT2D eigenvalue weighted by molar-refractivity contribution is 0.0362. The van der Waals surface area contributed by atoms with Crippen molar-refractivity contribution in [2.24, 2.45) is 23.3 Å². The standard InChI is InChI=1S/C25H29N3O4/c26-24(29)17-13-19-21(15-4-2-1-3-5-15)23(32-22(19)20(14-17)25(27)30)18-12-16(18)6-7-28-8-10-31-11-9-28/h1-5,13-14,16,18,21,23H,6-12H2,(H2,26,29)(H2,27,30)/t16-,18+,21?,23?/m1/s1. The molecule has 4 atom stereocenters. The summed E-state index contributed by atoms with van der Waals surface area (Å²) in [5.74, 6) is 0.210. The van der Waals surface area contributed by atoms with Crippen molar-refractivity contribution in [3.05, 3.63) is 64.7 Å². The van der Waals surface area contributed by atoms with Crippen molar-refractivity contribution in [3.8, 4) is 5.75 Å². The van der Waals surface area contributed by atoms with Crippen LogP contribution in [0.3, 0.4) is 0 Å². The quantitative estimate of drug-likeness (QED) is 0.693. The van der Waals surface area contributed by atoms with E-state index in [-0.39, 0.29) is 23.1 Å². The molecule has 7 nitrogen and oxygen atoms in total. The first-order chi connectivity index (χ1) is 15.5. The third-order valence-corrected chi connectivity index (χ3v) is 7.06. The summed E-state index contributed by atoms with van der Waals surface area (Å²) in [5.41, 5.74) is 13.6. The van der Waals surface area contributed by atoms with Crippen LogP contribution in [-0.2, 0) is 4.74 Å². The van der Waals surface area contributed by atoms with Crippen LogP contribution in [0.1, 0.15) is 50.6 Å². The van der Waals surface area contributed by atoms with E-state index in [1.165, 1.54) is 6.07 Å². The van der Waals surface area contributed by atoms with Crippen molar-refractivity contribution < 1.29 is 19.1 Å². The number of amides is 2. The minimum atomic E-state index is -0.614. The minimum Gasteiger partial charge on any atom is -0.488 e. The maximum Gasteiger partial charge on any atom is 0.252 e.